The highest BCUT2D eigenvalue weighted by atomic mass is 32.1. The summed E-state index contributed by atoms with van der Waals surface area (Å²) >= 11 is 1.65. The number of nitrogens with one attached hydrogen (secondary N) is 1. The average Bonchev–Trinajstić information content (AvgIpc) is 2.68. The first-order valence-corrected chi connectivity index (χ1v) is 6.53. The highest BCUT2D eigenvalue weighted by molar-refractivity contribution is 7.09. The Hall–Kier alpha value is -0.530. The molecule has 1 unspecified atom stereocenters. The molecule has 1 aromatic heterocycles. The van der Waals surface area contributed by atoms with E-state index in [-0.39, 0.29) is 0 Å². The molecule has 0 saturated heterocycles. The van der Waals surface area contributed by atoms with Gasteiger partial charge in [-0.3, -0.25) is 10.4 Å². The van der Waals surface area contributed by atoms with E-state index < -0.39 is 6.10 Å². The van der Waals surface area contributed by atoms with Crippen LogP contribution in [0, 0.1) is 6.92 Å². The minimum atomic E-state index is -0.472. The van der Waals surface area contributed by atoms with Gasteiger partial charge >= 0.3 is 0 Å². The van der Waals surface area contributed by atoms with E-state index in [2.05, 4.69) is 10.4 Å². The van der Waals surface area contributed by atoms with Gasteiger partial charge in [-0.05, 0) is 6.92 Å². The molecule has 0 aliphatic rings. The number of hydrazine groups is 1. The Kier molecular flexibility index (Phi) is 6.61. The molecule has 0 saturated carbocycles. The number of nitrogens with zero attached hydrogens (tertiary/aromatic N) is 2. The number of ether oxygens (including phenoxy) is 1. The third kappa shape index (κ3) is 6.09. The molecule has 1 atom stereocenters. The second-order valence-electron chi connectivity index (χ2n) is 4.10. The van der Waals surface area contributed by atoms with Gasteiger partial charge in [0.15, 0.2) is 0 Å². The molecule has 0 fully saturated rings. The molecular weight excluding hydrogens is 238 g/mol. The highest BCUT2D eigenvalue weighted by Crippen LogP contribution is 2.12. The molecule has 0 radical (unpaired) electrons. The summed E-state index contributed by atoms with van der Waals surface area (Å²) in [5, 5.41) is 11.4. The molecule has 0 aliphatic carbocycles. The van der Waals surface area contributed by atoms with Crippen molar-refractivity contribution < 1.29 is 9.84 Å². The molecule has 0 amide bonds. The summed E-state index contributed by atoms with van der Waals surface area (Å²) in [6.45, 7) is 3.50. The van der Waals surface area contributed by atoms with E-state index in [0.717, 1.165) is 12.1 Å². The van der Waals surface area contributed by atoms with Gasteiger partial charge in [0.1, 0.15) is 0 Å². The van der Waals surface area contributed by atoms with Crippen molar-refractivity contribution in [3.05, 3.63) is 16.1 Å². The third-order valence-corrected chi connectivity index (χ3v) is 3.27. The lowest BCUT2D eigenvalue weighted by atomic mass is 10.3. The molecular formula is C11H21N3O2S. The molecule has 0 aliphatic heterocycles. The van der Waals surface area contributed by atoms with Gasteiger partial charge in [-0.15, -0.1) is 11.3 Å². The molecule has 0 bridgehead atoms. The first-order chi connectivity index (χ1) is 8.09. The van der Waals surface area contributed by atoms with Gasteiger partial charge in [0, 0.05) is 31.9 Å². The maximum atomic E-state index is 9.59. The molecule has 98 valence electrons. The molecule has 5 nitrogen and oxygen atoms in total. The van der Waals surface area contributed by atoms with Crippen molar-refractivity contribution in [1.82, 2.24) is 15.4 Å². The van der Waals surface area contributed by atoms with E-state index in [4.69, 9.17) is 4.74 Å². The fourth-order valence-electron chi connectivity index (χ4n) is 1.30. The van der Waals surface area contributed by atoms with Crippen LogP contribution in [0.4, 0.5) is 0 Å². The highest BCUT2D eigenvalue weighted by Gasteiger charge is 2.05. The van der Waals surface area contributed by atoms with Crippen molar-refractivity contribution in [2.45, 2.75) is 19.4 Å². The molecule has 1 rings (SSSR count). The molecule has 17 heavy (non-hydrogen) atoms. The minimum absolute atomic E-state index is 0.360. The van der Waals surface area contributed by atoms with Crippen molar-refractivity contribution >= 4 is 11.3 Å². The standard InChI is InChI=1S/C11H21N3O2S/c1-9-11(17-8-12-9)4-5-16-7-10(15)6-13-14(2)3/h8,10,13,15H,4-7H2,1-3H3. The predicted molar refractivity (Wildman–Crippen MR) is 69.1 cm³/mol. The Balaban J connectivity index is 2.06. The molecule has 0 aromatic carbocycles. The minimum Gasteiger partial charge on any atom is -0.389 e. The Labute approximate surface area is 106 Å². The topological polar surface area (TPSA) is 57.6 Å². The fourth-order valence-corrected chi connectivity index (χ4v) is 2.06. The molecule has 0 spiro atoms. The van der Waals surface area contributed by atoms with Crippen LogP contribution in [0.25, 0.3) is 0 Å². The zero-order valence-electron chi connectivity index (χ0n) is 10.6. The van der Waals surface area contributed by atoms with Crippen LogP contribution in [0.1, 0.15) is 10.6 Å². The lowest BCUT2D eigenvalue weighted by molar-refractivity contribution is 0.0300. The van der Waals surface area contributed by atoms with E-state index in [1.807, 2.05) is 31.5 Å². The average molecular weight is 259 g/mol. The number of aromatic nitrogens is 1. The molecule has 1 heterocycles. The van der Waals surface area contributed by atoms with Gasteiger partial charge in [-0.1, -0.05) is 0 Å². The van der Waals surface area contributed by atoms with E-state index in [0.29, 0.717) is 19.8 Å². The van der Waals surface area contributed by atoms with Crippen molar-refractivity contribution in [2.24, 2.45) is 0 Å². The number of thiazole rings is 1. The fraction of sp³-hybridized carbons (Fsp3) is 0.727. The predicted octanol–water partition coefficient (Wildman–Crippen LogP) is 0.438. The SMILES string of the molecule is Cc1ncsc1CCOCC(O)CNN(C)C. The Morgan fingerprint density at radius 1 is 1.59 bits per heavy atom. The monoisotopic (exact) mass is 259 g/mol. The Morgan fingerprint density at radius 3 is 2.94 bits per heavy atom. The normalized spacial score (nSPS) is 13.2. The lowest BCUT2D eigenvalue weighted by Crippen LogP contribution is -2.38. The van der Waals surface area contributed by atoms with E-state index in [9.17, 15) is 5.11 Å². The first kappa shape index (κ1) is 14.5. The first-order valence-electron chi connectivity index (χ1n) is 5.65. The zero-order valence-corrected chi connectivity index (χ0v) is 11.5. The third-order valence-electron chi connectivity index (χ3n) is 2.27. The van der Waals surface area contributed by atoms with Gasteiger partial charge in [-0.2, -0.15) is 0 Å². The summed E-state index contributed by atoms with van der Waals surface area (Å²) in [6, 6.07) is 0. The Morgan fingerprint density at radius 2 is 2.35 bits per heavy atom. The van der Waals surface area contributed by atoms with Crippen LogP contribution < -0.4 is 5.43 Å². The summed E-state index contributed by atoms with van der Waals surface area (Å²) in [7, 11) is 3.78. The largest absolute Gasteiger partial charge is 0.389 e. The number of aliphatic hydroxyl groups excluding tert-OH is 1. The van der Waals surface area contributed by atoms with Gasteiger partial charge in [0.2, 0.25) is 0 Å². The number of aryl methyl sites for hydroxylation is 1. The van der Waals surface area contributed by atoms with Gasteiger partial charge in [0.05, 0.1) is 30.5 Å². The summed E-state index contributed by atoms with van der Waals surface area (Å²) in [5.74, 6) is 0. The Bertz CT molecular complexity index is 317. The van der Waals surface area contributed by atoms with Gasteiger partial charge in [-0.25, -0.2) is 4.98 Å². The zero-order chi connectivity index (χ0) is 12.7. The van der Waals surface area contributed by atoms with Crippen LogP contribution in [-0.2, 0) is 11.2 Å². The van der Waals surface area contributed by atoms with Crippen LogP contribution in [0.3, 0.4) is 0 Å². The maximum Gasteiger partial charge on any atom is 0.0911 e. The quantitative estimate of drug-likeness (QED) is 0.524. The lowest BCUT2D eigenvalue weighted by Gasteiger charge is -2.16. The number of rotatable bonds is 8. The van der Waals surface area contributed by atoms with Crippen molar-refractivity contribution in [3.8, 4) is 0 Å². The second kappa shape index (κ2) is 7.73. The number of aliphatic hydroxyl groups is 1. The summed E-state index contributed by atoms with van der Waals surface area (Å²) in [5.41, 5.74) is 5.93. The van der Waals surface area contributed by atoms with E-state index in [1.165, 1.54) is 4.88 Å². The van der Waals surface area contributed by atoms with Gasteiger partial charge in [0.25, 0.3) is 0 Å². The van der Waals surface area contributed by atoms with E-state index >= 15 is 0 Å². The van der Waals surface area contributed by atoms with Crippen molar-refractivity contribution in [1.29, 1.82) is 0 Å². The maximum absolute atomic E-state index is 9.59. The van der Waals surface area contributed by atoms with Crippen molar-refractivity contribution in [3.63, 3.8) is 0 Å². The van der Waals surface area contributed by atoms with Crippen LogP contribution in [-0.4, -0.2) is 55.1 Å². The van der Waals surface area contributed by atoms with Crippen LogP contribution >= 0.6 is 11.3 Å². The van der Waals surface area contributed by atoms with Crippen LogP contribution in [0.15, 0.2) is 5.51 Å². The summed E-state index contributed by atoms with van der Waals surface area (Å²) in [6.07, 6.45) is 0.393. The number of hydrogen-bond donors (Lipinski definition) is 2. The summed E-state index contributed by atoms with van der Waals surface area (Å²) < 4.78 is 5.43. The summed E-state index contributed by atoms with van der Waals surface area (Å²) in [4.78, 5) is 5.43. The molecule has 2 N–H and O–H groups in total. The van der Waals surface area contributed by atoms with Crippen molar-refractivity contribution in [2.75, 3.05) is 33.9 Å². The second-order valence-corrected chi connectivity index (χ2v) is 5.04. The smallest absolute Gasteiger partial charge is 0.0911 e. The van der Waals surface area contributed by atoms with E-state index in [1.54, 1.807) is 11.3 Å². The van der Waals surface area contributed by atoms with Crippen LogP contribution in [0.2, 0.25) is 0 Å². The molecule has 1 aromatic rings. The van der Waals surface area contributed by atoms with Gasteiger partial charge < -0.3 is 9.84 Å². The number of hydrogen-bond acceptors (Lipinski definition) is 6. The molecule has 6 heteroatoms. The van der Waals surface area contributed by atoms with Crippen LogP contribution in [0.5, 0.6) is 0 Å².